The number of rotatable bonds is 8. The fraction of sp³-hybridized carbons (Fsp3) is 0.600. The first kappa shape index (κ1) is 14.8. The van der Waals surface area contributed by atoms with Crippen molar-refractivity contribution in [3.8, 4) is 11.5 Å². The zero-order chi connectivity index (χ0) is 13.4. The van der Waals surface area contributed by atoms with Crippen LogP contribution in [0.4, 0.5) is 0 Å². The monoisotopic (exact) mass is 251 g/mol. The molecule has 0 amide bonds. The summed E-state index contributed by atoms with van der Waals surface area (Å²) >= 11 is 0. The van der Waals surface area contributed by atoms with Crippen LogP contribution >= 0.6 is 0 Å². The molecule has 0 aliphatic carbocycles. The van der Waals surface area contributed by atoms with Gasteiger partial charge >= 0.3 is 0 Å². The average molecular weight is 251 g/mol. The molecular weight excluding hydrogens is 226 g/mol. The van der Waals surface area contributed by atoms with Gasteiger partial charge in [-0.1, -0.05) is 38.3 Å². The second-order valence-corrected chi connectivity index (χ2v) is 4.51. The van der Waals surface area contributed by atoms with E-state index in [1.54, 1.807) is 14.2 Å². The largest absolute Gasteiger partial charge is 0.493 e. The van der Waals surface area contributed by atoms with E-state index in [-0.39, 0.29) is 0 Å². The molecular formula is C15H25NO2. The van der Waals surface area contributed by atoms with E-state index >= 15 is 0 Å². The number of methoxy groups -OCH3 is 2. The molecule has 1 rings (SSSR count). The predicted octanol–water partition coefficient (Wildman–Crippen LogP) is 3.33. The van der Waals surface area contributed by atoms with Crippen LogP contribution in [0.25, 0.3) is 0 Å². The van der Waals surface area contributed by atoms with Gasteiger partial charge in [0.25, 0.3) is 0 Å². The van der Waals surface area contributed by atoms with Crippen LogP contribution < -0.4 is 15.2 Å². The highest BCUT2D eigenvalue weighted by atomic mass is 16.5. The second-order valence-electron chi connectivity index (χ2n) is 4.51. The molecule has 0 aliphatic rings. The molecule has 0 saturated carbocycles. The lowest BCUT2D eigenvalue weighted by molar-refractivity contribution is 0.348. The van der Waals surface area contributed by atoms with Gasteiger partial charge < -0.3 is 15.2 Å². The molecule has 1 aromatic carbocycles. The lowest BCUT2D eigenvalue weighted by Gasteiger charge is -2.19. The molecule has 0 spiro atoms. The van der Waals surface area contributed by atoms with E-state index in [9.17, 15) is 0 Å². The van der Waals surface area contributed by atoms with Gasteiger partial charge in [0.05, 0.1) is 14.2 Å². The van der Waals surface area contributed by atoms with Crippen LogP contribution in [-0.2, 0) is 0 Å². The molecule has 0 fully saturated rings. The van der Waals surface area contributed by atoms with E-state index in [4.69, 9.17) is 15.2 Å². The molecule has 0 heterocycles. The number of nitrogens with two attached hydrogens (primary N) is 1. The van der Waals surface area contributed by atoms with Gasteiger partial charge in [0.2, 0.25) is 0 Å². The van der Waals surface area contributed by atoms with Crippen molar-refractivity contribution in [2.24, 2.45) is 5.73 Å². The van der Waals surface area contributed by atoms with Gasteiger partial charge in [-0.05, 0) is 24.9 Å². The van der Waals surface area contributed by atoms with Crippen LogP contribution in [0.3, 0.4) is 0 Å². The molecule has 1 unspecified atom stereocenters. The highest BCUT2D eigenvalue weighted by Gasteiger charge is 2.17. The minimum absolute atomic E-state index is 0.349. The van der Waals surface area contributed by atoms with Crippen LogP contribution in [0, 0.1) is 0 Å². The maximum Gasteiger partial charge on any atom is 0.164 e. The van der Waals surface area contributed by atoms with Crippen LogP contribution in [0.15, 0.2) is 18.2 Å². The zero-order valence-electron chi connectivity index (χ0n) is 11.7. The standard InChI is InChI=1S/C15H25NO2/c1-4-5-6-8-12(11-16)13-9-7-10-14(17-2)15(13)18-3/h7,9-10,12H,4-6,8,11,16H2,1-3H3. The molecule has 0 saturated heterocycles. The topological polar surface area (TPSA) is 44.5 Å². The third kappa shape index (κ3) is 3.64. The van der Waals surface area contributed by atoms with Crippen molar-refractivity contribution < 1.29 is 9.47 Å². The third-order valence-corrected chi connectivity index (χ3v) is 3.31. The van der Waals surface area contributed by atoms with E-state index in [0.29, 0.717) is 12.5 Å². The molecule has 0 radical (unpaired) electrons. The van der Waals surface area contributed by atoms with Crippen molar-refractivity contribution in [1.82, 2.24) is 0 Å². The first-order valence-electron chi connectivity index (χ1n) is 6.69. The molecule has 0 aromatic heterocycles. The van der Waals surface area contributed by atoms with Gasteiger partial charge in [0, 0.05) is 5.56 Å². The summed E-state index contributed by atoms with van der Waals surface area (Å²) in [6, 6.07) is 6.01. The van der Waals surface area contributed by atoms with Gasteiger partial charge in [-0.2, -0.15) is 0 Å². The number of unbranched alkanes of at least 4 members (excludes halogenated alkanes) is 2. The molecule has 3 nitrogen and oxygen atoms in total. The Morgan fingerprint density at radius 3 is 2.50 bits per heavy atom. The quantitative estimate of drug-likeness (QED) is 0.721. The molecule has 0 bridgehead atoms. The SMILES string of the molecule is CCCCCC(CN)c1cccc(OC)c1OC. The number of ether oxygens (including phenoxy) is 2. The van der Waals surface area contributed by atoms with Gasteiger partial charge in [0.15, 0.2) is 11.5 Å². The summed E-state index contributed by atoms with van der Waals surface area (Å²) in [7, 11) is 3.34. The number of benzene rings is 1. The Morgan fingerprint density at radius 1 is 1.17 bits per heavy atom. The number of hydrogen-bond acceptors (Lipinski definition) is 3. The Labute approximate surface area is 110 Å². The summed E-state index contributed by atoms with van der Waals surface area (Å²) in [5.74, 6) is 1.96. The summed E-state index contributed by atoms with van der Waals surface area (Å²) in [6.45, 7) is 2.86. The number of para-hydroxylation sites is 1. The second kappa shape index (κ2) is 7.98. The molecule has 2 N–H and O–H groups in total. The molecule has 0 aliphatic heterocycles. The van der Waals surface area contributed by atoms with E-state index in [1.807, 2.05) is 12.1 Å². The smallest absolute Gasteiger partial charge is 0.164 e. The van der Waals surface area contributed by atoms with Crippen LogP contribution in [0.5, 0.6) is 11.5 Å². The third-order valence-electron chi connectivity index (χ3n) is 3.31. The van der Waals surface area contributed by atoms with E-state index < -0.39 is 0 Å². The molecule has 1 atom stereocenters. The van der Waals surface area contributed by atoms with Gasteiger partial charge in [-0.3, -0.25) is 0 Å². The average Bonchev–Trinajstić information content (AvgIpc) is 2.42. The normalized spacial score (nSPS) is 12.2. The van der Waals surface area contributed by atoms with Crippen molar-refractivity contribution in [1.29, 1.82) is 0 Å². The van der Waals surface area contributed by atoms with Crippen molar-refractivity contribution in [3.05, 3.63) is 23.8 Å². The van der Waals surface area contributed by atoms with Gasteiger partial charge in [0.1, 0.15) is 0 Å². The van der Waals surface area contributed by atoms with Crippen LogP contribution in [-0.4, -0.2) is 20.8 Å². The van der Waals surface area contributed by atoms with Crippen LogP contribution in [0.1, 0.15) is 44.1 Å². The fourth-order valence-corrected chi connectivity index (χ4v) is 2.27. The Kier molecular flexibility index (Phi) is 6.58. The number of hydrogen-bond donors (Lipinski definition) is 1. The van der Waals surface area contributed by atoms with Gasteiger partial charge in [-0.15, -0.1) is 0 Å². The highest BCUT2D eigenvalue weighted by Crippen LogP contribution is 2.36. The van der Waals surface area contributed by atoms with Crippen molar-refractivity contribution in [2.75, 3.05) is 20.8 Å². The lowest BCUT2D eigenvalue weighted by atomic mass is 9.92. The lowest BCUT2D eigenvalue weighted by Crippen LogP contribution is -2.14. The summed E-state index contributed by atoms with van der Waals surface area (Å²) in [6.07, 6.45) is 4.79. The maximum absolute atomic E-state index is 5.91. The summed E-state index contributed by atoms with van der Waals surface area (Å²) in [5, 5.41) is 0. The van der Waals surface area contributed by atoms with Crippen molar-refractivity contribution >= 4 is 0 Å². The zero-order valence-corrected chi connectivity index (χ0v) is 11.7. The molecule has 18 heavy (non-hydrogen) atoms. The summed E-state index contributed by atoms with van der Waals surface area (Å²) in [5.41, 5.74) is 7.07. The van der Waals surface area contributed by atoms with Gasteiger partial charge in [-0.25, -0.2) is 0 Å². The van der Waals surface area contributed by atoms with Crippen molar-refractivity contribution in [3.63, 3.8) is 0 Å². The highest BCUT2D eigenvalue weighted by molar-refractivity contribution is 5.48. The minimum atomic E-state index is 0.349. The van der Waals surface area contributed by atoms with E-state index in [1.165, 1.54) is 19.3 Å². The first-order chi connectivity index (χ1) is 8.78. The molecule has 102 valence electrons. The summed E-state index contributed by atoms with van der Waals surface area (Å²) < 4.78 is 10.8. The Morgan fingerprint density at radius 2 is 1.94 bits per heavy atom. The first-order valence-corrected chi connectivity index (χ1v) is 6.69. The maximum atomic E-state index is 5.91. The minimum Gasteiger partial charge on any atom is -0.493 e. The van der Waals surface area contributed by atoms with Crippen LogP contribution in [0.2, 0.25) is 0 Å². The molecule has 3 heteroatoms. The predicted molar refractivity (Wildman–Crippen MR) is 75.5 cm³/mol. The summed E-state index contributed by atoms with van der Waals surface area (Å²) in [4.78, 5) is 0. The Bertz CT molecular complexity index is 352. The van der Waals surface area contributed by atoms with Crippen molar-refractivity contribution in [2.45, 2.75) is 38.5 Å². The molecule has 1 aromatic rings. The fourth-order valence-electron chi connectivity index (χ4n) is 2.27. The Balaban J connectivity index is 2.90. The Hall–Kier alpha value is -1.22. The van der Waals surface area contributed by atoms with E-state index in [0.717, 1.165) is 23.5 Å². The van der Waals surface area contributed by atoms with E-state index in [2.05, 4.69) is 13.0 Å².